The molecule has 1 saturated heterocycles. The molecule has 15 heavy (non-hydrogen) atoms. The predicted octanol–water partition coefficient (Wildman–Crippen LogP) is 3.64. The lowest BCUT2D eigenvalue weighted by molar-refractivity contribution is 0.219. The monoisotopic (exact) mass is 227 g/mol. The van der Waals surface area contributed by atoms with Gasteiger partial charge in [0.15, 0.2) is 0 Å². The molecule has 1 heterocycles. The summed E-state index contributed by atoms with van der Waals surface area (Å²) in [5.74, 6) is 3.21. The van der Waals surface area contributed by atoms with Gasteiger partial charge in [0.2, 0.25) is 0 Å². The van der Waals surface area contributed by atoms with Crippen LogP contribution in [0.2, 0.25) is 0 Å². The lowest BCUT2D eigenvalue weighted by Gasteiger charge is -2.38. The SMILES string of the molecule is CCC1CSC2(CCC(C(C)C)CC2)N1. The van der Waals surface area contributed by atoms with Gasteiger partial charge in [0, 0.05) is 11.8 Å². The van der Waals surface area contributed by atoms with Gasteiger partial charge in [-0.1, -0.05) is 20.8 Å². The summed E-state index contributed by atoms with van der Waals surface area (Å²) < 4.78 is 0. The highest BCUT2D eigenvalue weighted by atomic mass is 32.2. The summed E-state index contributed by atoms with van der Waals surface area (Å²) in [5.41, 5.74) is 0. The Morgan fingerprint density at radius 3 is 2.47 bits per heavy atom. The third-order valence-corrected chi connectivity index (χ3v) is 5.95. The molecule has 88 valence electrons. The topological polar surface area (TPSA) is 12.0 Å². The molecular weight excluding hydrogens is 202 g/mol. The van der Waals surface area contributed by atoms with Crippen molar-refractivity contribution in [3.05, 3.63) is 0 Å². The highest BCUT2D eigenvalue weighted by Crippen LogP contribution is 2.45. The molecular formula is C13H25NS. The average Bonchev–Trinajstić information content (AvgIpc) is 2.62. The van der Waals surface area contributed by atoms with Crippen LogP contribution in [0.15, 0.2) is 0 Å². The van der Waals surface area contributed by atoms with E-state index >= 15 is 0 Å². The molecule has 1 aliphatic carbocycles. The normalized spacial score (nSPS) is 41.6. The van der Waals surface area contributed by atoms with Crippen LogP contribution in [0.5, 0.6) is 0 Å². The van der Waals surface area contributed by atoms with Gasteiger partial charge in [-0.3, -0.25) is 5.32 Å². The molecule has 1 aliphatic heterocycles. The van der Waals surface area contributed by atoms with E-state index in [9.17, 15) is 0 Å². The summed E-state index contributed by atoms with van der Waals surface area (Å²) in [7, 11) is 0. The third-order valence-electron chi connectivity index (χ3n) is 4.30. The lowest BCUT2D eigenvalue weighted by Crippen LogP contribution is -2.44. The van der Waals surface area contributed by atoms with Crippen LogP contribution in [0.3, 0.4) is 0 Å². The molecule has 1 spiro atoms. The summed E-state index contributed by atoms with van der Waals surface area (Å²) in [5, 5.41) is 3.88. The molecule has 0 bridgehead atoms. The smallest absolute Gasteiger partial charge is 0.0648 e. The predicted molar refractivity (Wildman–Crippen MR) is 69.2 cm³/mol. The summed E-state index contributed by atoms with van der Waals surface area (Å²) in [6, 6.07) is 0.783. The van der Waals surface area contributed by atoms with Crippen molar-refractivity contribution in [2.75, 3.05) is 5.75 Å². The minimum absolute atomic E-state index is 0.478. The lowest BCUT2D eigenvalue weighted by atomic mass is 9.79. The van der Waals surface area contributed by atoms with Crippen molar-refractivity contribution < 1.29 is 0 Å². The minimum Gasteiger partial charge on any atom is -0.299 e. The molecule has 1 atom stereocenters. The zero-order valence-corrected chi connectivity index (χ0v) is 11.2. The van der Waals surface area contributed by atoms with Gasteiger partial charge in [-0.25, -0.2) is 0 Å². The Kier molecular flexibility index (Phi) is 3.67. The van der Waals surface area contributed by atoms with E-state index < -0.39 is 0 Å². The first-order chi connectivity index (χ1) is 7.15. The first-order valence-corrected chi connectivity index (χ1v) is 7.55. The Bertz CT molecular complexity index is 207. The Labute approximate surface area is 98.8 Å². The van der Waals surface area contributed by atoms with Crippen LogP contribution in [-0.4, -0.2) is 16.7 Å². The highest BCUT2D eigenvalue weighted by molar-refractivity contribution is 8.00. The molecule has 0 aromatic carbocycles. The van der Waals surface area contributed by atoms with Crippen LogP contribution in [0.25, 0.3) is 0 Å². The molecule has 2 heteroatoms. The van der Waals surface area contributed by atoms with Gasteiger partial charge < -0.3 is 0 Å². The molecule has 1 unspecified atom stereocenters. The Hall–Kier alpha value is 0.310. The van der Waals surface area contributed by atoms with Crippen molar-refractivity contribution in [3.8, 4) is 0 Å². The van der Waals surface area contributed by atoms with Crippen LogP contribution < -0.4 is 5.32 Å². The number of nitrogens with one attached hydrogen (secondary N) is 1. The highest BCUT2D eigenvalue weighted by Gasteiger charge is 2.41. The van der Waals surface area contributed by atoms with E-state index in [2.05, 4.69) is 37.8 Å². The Morgan fingerprint density at radius 1 is 1.33 bits per heavy atom. The van der Waals surface area contributed by atoms with E-state index in [0.717, 1.165) is 17.9 Å². The van der Waals surface area contributed by atoms with E-state index in [1.54, 1.807) is 0 Å². The Morgan fingerprint density at radius 2 is 2.00 bits per heavy atom. The van der Waals surface area contributed by atoms with Crippen molar-refractivity contribution >= 4 is 11.8 Å². The van der Waals surface area contributed by atoms with Gasteiger partial charge in [-0.15, -0.1) is 11.8 Å². The van der Waals surface area contributed by atoms with Crippen molar-refractivity contribution in [1.82, 2.24) is 5.32 Å². The van der Waals surface area contributed by atoms with Crippen molar-refractivity contribution in [1.29, 1.82) is 0 Å². The van der Waals surface area contributed by atoms with Crippen LogP contribution in [-0.2, 0) is 0 Å². The summed E-state index contributed by atoms with van der Waals surface area (Å²) in [6.07, 6.45) is 6.97. The molecule has 0 radical (unpaired) electrons. The maximum Gasteiger partial charge on any atom is 0.0648 e. The van der Waals surface area contributed by atoms with E-state index in [4.69, 9.17) is 0 Å². The fraction of sp³-hybridized carbons (Fsp3) is 1.00. The van der Waals surface area contributed by atoms with Gasteiger partial charge >= 0.3 is 0 Å². The van der Waals surface area contributed by atoms with Crippen LogP contribution >= 0.6 is 11.8 Å². The van der Waals surface area contributed by atoms with Gasteiger partial charge in [-0.05, 0) is 43.9 Å². The van der Waals surface area contributed by atoms with E-state index in [-0.39, 0.29) is 0 Å². The second-order valence-corrected chi connectivity index (χ2v) is 7.04. The molecule has 1 saturated carbocycles. The summed E-state index contributed by atoms with van der Waals surface area (Å²) in [4.78, 5) is 0.478. The van der Waals surface area contributed by atoms with E-state index in [1.807, 2.05) is 0 Å². The summed E-state index contributed by atoms with van der Waals surface area (Å²) >= 11 is 2.20. The van der Waals surface area contributed by atoms with Crippen LogP contribution in [0.1, 0.15) is 52.9 Å². The van der Waals surface area contributed by atoms with Crippen LogP contribution in [0, 0.1) is 11.8 Å². The largest absolute Gasteiger partial charge is 0.299 e. The average molecular weight is 227 g/mol. The Balaban J connectivity index is 1.87. The number of thioether (sulfide) groups is 1. The molecule has 0 amide bonds. The van der Waals surface area contributed by atoms with Gasteiger partial charge in [0.05, 0.1) is 4.87 Å². The molecule has 1 nitrogen and oxygen atoms in total. The molecule has 1 N–H and O–H groups in total. The van der Waals surface area contributed by atoms with Crippen molar-refractivity contribution in [3.63, 3.8) is 0 Å². The van der Waals surface area contributed by atoms with E-state index in [1.165, 1.54) is 37.9 Å². The number of rotatable bonds is 2. The third kappa shape index (κ3) is 2.52. The fourth-order valence-electron chi connectivity index (χ4n) is 3.00. The van der Waals surface area contributed by atoms with Crippen LogP contribution in [0.4, 0.5) is 0 Å². The second kappa shape index (κ2) is 4.67. The zero-order chi connectivity index (χ0) is 10.9. The molecule has 2 fully saturated rings. The van der Waals surface area contributed by atoms with Crippen molar-refractivity contribution in [2.24, 2.45) is 11.8 Å². The van der Waals surface area contributed by atoms with Gasteiger partial charge in [-0.2, -0.15) is 0 Å². The maximum atomic E-state index is 3.88. The zero-order valence-electron chi connectivity index (χ0n) is 10.4. The summed E-state index contributed by atoms with van der Waals surface area (Å²) in [6.45, 7) is 7.07. The molecule has 2 rings (SSSR count). The van der Waals surface area contributed by atoms with E-state index in [0.29, 0.717) is 4.87 Å². The minimum atomic E-state index is 0.478. The van der Waals surface area contributed by atoms with Gasteiger partial charge in [0.25, 0.3) is 0 Å². The van der Waals surface area contributed by atoms with Gasteiger partial charge in [0.1, 0.15) is 0 Å². The first kappa shape index (κ1) is 11.8. The first-order valence-electron chi connectivity index (χ1n) is 6.57. The number of hydrogen-bond donors (Lipinski definition) is 1. The molecule has 0 aromatic rings. The molecule has 0 aromatic heterocycles. The standard InChI is InChI=1S/C13H25NS/c1-4-12-9-15-13(14-12)7-5-11(6-8-13)10(2)3/h10-12,14H,4-9H2,1-3H3. The maximum absolute atomic E-state index is 3.88. The fourth-order valence-corrected chi connectivity index (χ4v) is 4.61. The quantitative estimate of drug-likeness (QED) is 0.773. The second-order valence-electron chi connectivity index (χ2n) is 5.64. The molecule has 2 aliphatic rings. The van der Waals surface area contributed by atoms with Crippen molar-refractivity contribution in [2.45, 2.75) is 63.8 Å². The number of hydrogen-bond acceptors (Lipinski definition) is 2.